The summed E-state index contributed by atoms with van der Waals surface area (Å²) in [5.41, 5.74) is 6.17. The van der Waals surface area contributed by atoms with Gasteiger partial charge in [0.25, 0.3) is 0 Å². The average Bonchev–Trinajstić information content (AvgIpc) is 2.29. The maximum Gasteiger partial charge on any atom is 0.145 e. The van der Waals surface area contributed by atoms with E-state index in [1.807, 2.05) is 0 Å². The number of rotatable bonds is 2. The summed E-state index contributed by atoms with van der Waals surface area (Å²) in [5.74, 6) is 0.409. The van der Waals surface area contributed by atoms with Crippen LogP contribution in [0, 0.1) is 11.7 Å². The fourth-order valence-electron chi connectivity index (χ4n) is 2.27. The Morgan fingerprint density at radius 3 is 2.76 bits per heavy atom. The molecule has 0 aliphatic heterocycles. The van der Waals surface area contributed by atoms with Gasteiger partial charge >= 0.3 is 0 Å². The van der Waals surface area contributed by atoms with Crippen LogP contribution in [0.3, 0.4) is 0 Å². The zero-order valence-corrected chi connectivity index (χ0v) is 10.6. The lowest BCUT2D eigenvalue weighted by Gasteiger charge is -2.29. The third kappa shape index (κ3) is 2.83. The number of ether oxygens (including phenoxy) is 1. The van der Waals surface area contributed by atoms with Gasteiger partial charge in [-0.15, -0.1) is 0 Å². The van der Waals surface area contributed by atoms with E-state index in [1.54, 1.807) is 0 Å². The van der Waals surface area contributed by atoms with Gasteiger partial charge in [0, 0.05) is 6.07 Å². The van der Waals surface area contributed by atoms with Crippen LogP contribution in [0.4, 0.5) is 10.1 Å². The van der Waals surface area contributed by atoms with E-state index < -0.39 is 5.82 Å². The van der Waals surface area contributed by atoms with Crippen molar-refractivity contribution in [3.8, 4) is 5.75 Å². The van der Waals surface area contributed by atoms with Gasteiger partial charge in [0.15, 0.2) is 0 Å². The summed E-state index contributed by atoms with van der Waals surface area (Å²) in [6, 6.07) is 2.68. The largest absolute Gasteiger partial charge is 0.488 e. The SMILES string of the molecule is CC1CCCCC1Oc1cc(F)c(Cl)cc1N. The summed E-state index contributed by atoms with van der Waals surface area (Å²) < 4.78 is 19.2. The molecule has 1 fully saturated rings. The van der Waals surface area contributed by atoms with Crippen molar-refractivity contribution in [2.24, 2.45) is 5.92 Å². The summed E-state index contributed by atoms with van der Waals surface area (Å²) in [7, 11) is 0. The number of benzene rings is 1. The van der Waals surface area contributed by atoms with Crippen molar-refractivity contribution >= 4 is 17.3 Å². The third-order valence-electron chi connectivity index (χ3n) is 3.36. The predicted molar refractivity (Wildman–Crippen MR) is 67.9 cm³/mol. The maximum absolute atomic E-state index is 13.3. The van der Waals surface area contributed by atoms with E-state index in [-0.39, 0.29) is 11.1 Å². The quantitative estimate of drug-likeness (QED) is 0.813. The molecule has 1 aromatic carbocycles. The van der Waals surface area contributed by atoms with Crippen molar-refractivity contribution in [1.29, 1.82) is 0 Å². The summed E-state index contributed by atoms with van der Waals surface area (Å²) in [4.78, 5) is 0. The van der Waals surface area contributed by atoms with Crippen molar-refractivity contribution in [2.45, 2.75) is 38.7 Å². The zero-order chi connectivity index (χ0) is 12.4. The van der Waals surface area contributed by atoms with Crippen LogP contribution in [0.2, 0.25) is 5.02 Å². The molecule has 4 heteroatoms. The van der Waals surface area contributed by atoms with Gasteiger partial charge in [-0.25, -0.2) is 4.39 Å². The van der Waals surface area contributed by atoms with Gasteiger partial charge in [0.1, 0.15) is 17.7 Å². The van der Waals surface area contributed by atoms with Crippen LogP contribution in [0.1, 0.15) is 32.6 Å². The summed E-state index contributed by atoms with van der Waals surface area (Å²) in [5, 5.41) is 0.0338. The van der Waals surface area contributed by atoms with Gasteiger partial charge in [0.05, 0.1) is 10.7 Å². The van der Waals surface area contributed by atoms with Crippen molar-refractivity contribution in [2.75, 3.05) is 5.73 Å². The molecule has 17 heavy (non-hydrogen) atoms. The number of hydrogen-bond donors (Lipinski definition) is 1. The second kappa shape index (κ2) is 5.13. The average molecular weight is 258 g/mol. The van der Waals surface area contributed by atoms with Gasteiger partial charge in [-0.1, -0.05) is 24.9 Å². The topological polar surface area (TPSA) is 35.2 Å². The van der Waals surface area contributed by atoms with Crippen molar-refractivity contribution in [3.63, 3.8) is 0 Å². The van der Waals surface area contributed by atoms with E-state index in [0.717, 1.165) is 19.3 Å². The van der Waals surface area contributed by atoms with Crippen LogP contribution in [0.25, 0.3) is 0 Å². The highest BCUT2D eigenvalue weighted by Gasteiger charge is 2.23. The molecule has 1 aliphatic carbocycles. The number of anilines is 1. The van der Waals surface area contributed by atoms with E-state index in [0.29, 0.717) is 17.4 Å². The molecule has 0 heterocycles. The molecule has 2 nitrogen and oxygen atoms in total. The van der Waals surface area contributed by atoms with Crippen molar-refractivity contribution in [3.05, 3.63) is 23.0 Å². The van der Waals surface area contributed by atoms with Gasteiger partial charge < -0.3 is 10.5 Å². The standard InChI is InChI=1S/C13H17ClFNO/c1-8-4-2-3-5-12(8)17-13-7-10(15)9(14)6-11(13)16/h6-8,12H,2-5,16H2,1H3. The lowest BCUT2D eigenvalue weighted by atomic mass is 9.88. The Labute approximate surface area is 106 Å². The maximum atomic E-state index is 13.3. The van der Waals surface area contributed by atoms with Gasteiger partial charge in [-0.05, 0) is 31.2 Å². The molecular formula is C13H17ClFNO. The normalized spacial score (nSPS) is 24.6. The highest BCUT2D eigenvalue weighted by atomic mass is 35.5. The first-order valence-electron chi connectivity index (χ1n) is 5.99. The minimum Gasteiger partial charge on any atom is -0.488 e. The smallest absolute Gasteiger partial charge is 0.145 e. The summed E-state index contributed by atoms with van der Waals surface area (Å²) in [6.45, 7) is 2.16. The third-order valence-corrected chi connectivity index (χ3v) is 3.65. The molecule has 94 valence electrons. The molecule has 0 amide bonds. The number of nitrogen functional groups attached to an aromatic ring is 1. The fraction of sp³-hybridized carbons (Fsp3) is 0.538. The van der Waals surface area contributed by atoms with Crippen molar-refractivity contribution < 1.29 is 9.13 Å². The Hall–Kier alpha value is -0.960. The van der Waals surface area contributed by atoms with Crippen LogP contribution in [0.5, 0.6) is 5.75 Å². The molecule has 0 aromatic heterocycles. The predicted octanol–water partition coefficient (Wildman–Crippen LogP) is 4.02. The first-order valence-corrected chi connectivity index (χ1v) is 6.37. The Morgan fingerprint density at radius 2 is 2.06 bits per heavy atom. The molecule has 0 spiro atoms. The zero-order valence-electron chi connectivity index (χ0n) is 9.88. The second-order valence-corrected chi connectivity index (χ2v) is 5.13. The fourth-order valence-corrected chi connectivity index (χ4v) is 2.44. The number of nitrogens with two attached hydrogens (primary N) is 1. The lowest BCUT2D eigenvalue weighted by molar-refractivity contribution is 0.103. The first-order chi connectivity index (χ1) is 8.08. The Balaban J connectivity index is 2.15. The molecule has 1 aliphatic rings. The van der Waals surface area contributed by atoms with Crippen LogP contribution >= 0.6 is 11.6 Å². The monoisotopic (exact) mass is 257 g/mol. The Bertz CT molecular complexity index is 411. The van der Waals surface area contributed by atoms with Crippen LogP contribution in [0.15, 0.2) is 12.1 Å². The molecule has 0 radical (unpaired) electrons. The Kier molecular flexibility index (Phi) is 3.77. The molecule has 2 N–H and O–H groups in total. The minimum absolute atomic E-state index is 0.0338. The van der Waals surface area contributed by atoms with Crippen LogP contribution < -0.4 is 10.5 Å². The van der Waals surface area contributed by atoms with Crippen molar-refractivity contribution in [1.82, 2.24) is 0 Å². The summed E-state index contributed by atoms with van der Waals surface area (Å²) >= 11 is 5.65. The van der Waals surface area contributed by atoms with E-state index >= 15 is 0 Å². The van der Waals surface area contributed by atoms with Crippen LogP contribution in [-0.2, 0) is 0 Å². The second-order valence-electron chi connectivity index (χ2n) is 4.72. The van der Waals surface area contributed by atoms with E-state index in [9.17, 15) is 4.39 Å². The molecular weight excluding hydrogens is 241 g/mol. The van der Waals surface area contributed by atoms with E-state index in [1.165, 1.54) is 18.6 Å². The van der Waals surface area contributed by atoms with E-state index in [4.69, 9.17) is 22.1 Å². The number of hydrogen-bond acceptors (Lipinski definition) is 2. The first kappa shape index (κ1) is 12.5. The molecule has 0 bridgehead atoms. The molecule has 2 atom stereocenters. The highest BCUT2D eigenvalue weighted by molar-refractivity contribution is 6.31. The Morgan fingerprint density at radius 1 is 1.35 bits per heavy atom. The molecule has 1 saturated carbocycles. The highest BCUT2D eigenvalue weighted by Crippen LogP contribution is 2.33. The van der Waals surface area contributed by atoms with Crippen LogP contribution in [-0.4, -0.2) is 6.10 Å². The molecule has 2 unspecified atom stereocenters. The lowest BCUT2D eigenvalue weighted by Crippen LogP contribution is -2.28. The van der Waals surface area contributed by atoms with Gasteiger partial charge in [-0.2, -0.15) is 0 Å². The van der Waals surface area contributed by atoms with Gasteiger partial charge in [-0.3, -0.25) is 0 Å². The molecule has 2 rings (SSSR count). The number of halogens is 2. The minimum atomic E-state index is -0.487. The molecule has 0 saturated heterocycles. The van der Waals surface area contributed by atoms with Gasteiger partial charge in [0.2, 0.25) is 0 Å². The van der Waals surface area contributed by atoms with E-state index in [2.05, 4.69) is 6.92 Å². The molecule has 1 aromatic rings. The summed E-state index contributed by atoms with van der Waals surface area (Å²) in [6.07, 6.45) is 4.69.